The highest BCUT2D eigenvalue weighted by Crippen LogP contribution is 2.28. The second-order valence-corrected chi connectivity index (χ2v) is 6.68. The van der Waals surface area contributed by atoms with Crippen LogP contribution in [0.15, 0.2) is 48.5 Å². The van der Waals surface area contributed by atoms with Crippen molar-refractivity contribution in [2.75, 3.05) is 11.9 Å². The minimum Gasteiger partial charge on any atom is -0.324 e. The van der Waals surface area contributed by atoms with Gasteiger partial charge in [0.2, 0.25) is 5.91 Å². The fourth-order valence-corrected chi connectivity index (χ4v) is 3.06. The van der Waals surface area contributed by atoms with Crippen LogP contribution in [0.5, 0.6) is 0 Å². The number of nitrogens with zero attached hydrogens (tertiary/aromatic N) is 1. The van der Waals surface area contributed by atoms with Gasteiger partial charge in [0, 0.05) is 10.7 Å². The lowest BCUT2D eigenvalue weighted by molar-refractivity contribution is -0.133. The molecule has 1 saturated heterocycles. The molecule has 0 spiro atoms. The molecule has 0 saturated carbocycles. The smallest absolute Gasteiger partial charge is 0.324 e. The highest BCUT2D eigenvalue weighted by molar-refractivity contribution is 6.31. The Morgan fingerprint density at radius 1 is 1.15 bits per heavy atom. The van der Waals surface area contributed by atoms with Gasteiger partial charge < -0.3 is 10.6 Å². The lowest BCUT2D eigenvalue weighted by atomic mass is 9.92. The first kappa shape index (κ1) is 17.9. The number of carbonyl (C=O) groups excluding carboxylic acids is 3. The molecule has 0 aromatic heterocycles. The third-order valence-corrected chi connectivity index (χ3v) is 4.88. The van der Waals surface area contributed by atoms with E-state index in [1.54, 1.807) is 56.3 Å². The number of rotatable bonds is 4. The largest absolute Gasteiger partial charge is 0.325 e. The van der Waals surface area contributed by atoms with Crippen LogP contribution in [0, 0.1) is 6.92 Å². The Morgan fingerprint density at radius 2 is 1.85 bits per heavy atom. The number of carbonyl (C=O) groups is 3. The molecule has 1 heterocycles. The normalized spacial score (nSPS) is 19.4. The van der Waals surface area contributed by atoms with Crippen molar-refractivity contribution >= 4 is 35.1 Å². The number of urea groups is 1. The van der Waals surface area contributed by atoms with Gasteiger partial charge in [0.1, 0.15) is 12.1 Å². The number of benzene rings is 2. The summed E-state index contributed by atoms with van der Waals surface area (Å²) in [4.78, 5) is 38.3. The summed E-state index contributed by atoms with van der Waals surface area (Å²) in [5.41, 5.74) is 0.728. The highest BCUT2D eigenvalue weighted by Gasteiger charge is 2.49. The molecule has 6 nitrogen and oxygen atoms in total. The molecule has 2 aromatic rings. The highest BCUT2D eigenvalue weighted by atomic mass is 35.5. The molecule has 7 heteroatoms. The zero-order valence-corrected chi connectivity index (χ0v) is 15.1. The Morgan fingerprint density at radius 3 is 2.54 bits per heavy atom. The molecule has 1 fully saturated rings. The van der Waals surface area contributed by atoms with Gasteiger partial charge in [-0.15, -0.1) is 0 Å². The summed E-state index contributed by atoms with van der Waals surface area (Å²) in [6, 6.07) is 13.5. The van der Waals surface area contributed by atoms with Crippen LogP contribution in [0.1, 0.15) is 18.1 Å². The van der Waals surface area contributed by atoms with Crippen molar-refractivity contribution in [3.63, 3.8) is 0 Å². The summed E-state index contributed by atoms with van der Waals surface area (Å²) < 4.78 is 0. The molecule has 4 amide bonds. The molecule has 3 rings (SSSR count). The van der Waals surface area contributed by atoms with Crippen molar-refractivity contribution in [2.24, 2.45) is 0 Å². The Bertz CT molecular complexity index is 885. The number of hydrogen-bond donors (Lipinski definition) is 2. The van der Waals surface area contributed by atoms with Gasteiger partial charge in [0.25, 0.3) is 5.91 Å². The molecule has 26 heavy (non-hydrogen) atoms. The summed E-state index contributed by atoms with van der Waals surface area (Å²) in [6.07, 6.45) is 0. The fraction of sp³-hybridized carbons (Fsp3) is 0.211. The zero-order valence-electron chi connectivity index (χ0n) is 14.4. The van der Waals surface area contributed by atoms with Crippen molar-refractivity contribution in [3.05, 3.63) is 64.7 Å². The molecular weight excluding hydrogens is 354 g/mol. The maximum atomic E-state index is 12.8. The Balaban J connectivity index is 1.76. The van der Waals surface area contributed by atoms with Crippen LogP contribution < -0.4 is 10.6 Å². The Hall–Kier alpha value is -2.86. The maximum absolute atomic E-state index is 12.8. The monoisotopic (exact) mass is 371 g/mol. The number of imide groups is 1. The van der Waals surface area contributed by atoms with Crippen LogP contribution in [0.3, 0.4) is 0 Å². The lowest BCUT2D eigenvalue weighted by Gasteiger charge is -2.22. The predicted octanol–water partition coefficient (Wildman–Crippen LogP) is 3.05. The van der Waals surface area contributed by atoms with E-state index in [-0.39, 0.29) is 6.54 Å². The van der Waals surface area contributed by atoms with E-state index in [9.17, 15) is 14.4 Å². The quantitative estimate of drug-likeness (QED) is 0.811. The van der Waals surface area contributed by atoms with Gasteiger partial charge in [0.05, 0.1) is 0 Å². The first-order chi connectivity index (χ1) is 12.3. The summed E-state index contributed by atoms with van der Waals surface area (Å²) >= 11 is 6.04. The van der Waals surface area contributed by atoms with Gasteiger partial charge in [-0.25, -0.2) is 4.79 Å². The molecule has 0 radical (unpaired) electrons. The van der Waals surface area contributed by atoms with E-state index in [4.69, 9.17) is 11.6 Å². The van der Waals surface area contributed by atoms with E-state index in [2.05, 4.69) is 10.6 Å². The second kappa shape index (κ2) is 6.80. The summed E-state index contributed by atoms with van der Waals surface area (Å²) in [7, 11) is 0. The van der Waals surface area contributed by atoms with E-state index in [0.29, 0.717) is 21.8 Å². The molecule has 2 N–H and O–H groups in total. The van der Waals surface area contributed by atoms with Crippen molar-refractivity contribution in [3.8, 4) is 0 Å². The molecular formula is C19H18ClN3O3. The Labute approximate surface area is 156 Å². The van der Waals surface area contributed by atoms with Crippen LogP contribution in [0.4, 0.5) is 10.5 Å². The van der Waals surface area contributed by atoms with Crippen LogP contribution >= 0.6 is 11.6 Å². The minimum atomic E-state index is -1.19. The molecule has 1 unspecified atom stereocenters. The van der Waals surface area contributed by atoms with Crippen molar-refractivity contribution in [1.82, 2.24) is 10.2 Å². The van der Waals surface area contributed by atoms with E-state index in [1.165, 1.54) is 0 Å². The summed E-state index contributed by atoms with van der Waals surface area (Å²) in [6.45, 7) is 3.03. The average molecular weight is 372 g/mol. The fourth-order valence-electron chi connectivity index (χ4n) is 2.88. The van der Waals surface area contributed by atoms with Gasteiger partial charge in [-0.2, -0.15) is 0 Å². The van der Waals surface area contributed by atoms with Crippen LogP contribution in [0.2, 0.25) is 5.02 Å². The van der Waals surface area contributed by atoms with Gasteiger partial charge in [-0.05, 0) is 37.1 Å². The Kier molecular flexibility index (Phi) is 4.70. The summed E-state index contributed by atoms with van der Waals surface area (Å²) in [5.74, 6) is -0.942. The number of halogens is 1. The number of nitrogens with one attached hydrogen (secondary N) is 2. The van der Waals surface area contributed by atoms with Gasteiger partial charge in [-0.3, -0.25) is 14.5 Å². The van der Waals surface area contributed by atoms with Gasteiger partial charge in [0.15, 0.2) is 0 Å². The van der Waals surface area contributed by atoms with Gasteiger partial charge >= 0.3 is 6.03 Å². The van der Waals surface area contributed by atoms with Crippen LogP contribution in [-0.2, 0) is 15.1 Å². The van der Waals surface area contributed by atoms with E-state index >= 15 is 0 Å². The number of anilines is 1. The molecule has 0 bridgehead atoms. The predicted molar refractivity (Wildman–Crippen MR) is 98.9 cm³/mol. The molecule has 1 atom stereocenters. The third-order valence-electron chi connectivity index (χ3n) is 4.47. The second-order valence-electron chi connectivity index (χ2n) is 6.27. The summed E-state index contributed by atoms with van der Waals surface area (Å²) in [5, 5.41) is 5.88. The molecule has 0 aliphatic carbocycles. The maximum Gasteiger partial charge on any atom is 0.325 e. The lowest BCUT2D eigenvalue weighted by Crippen LogP contribution is -2.42. The molecule has 1 aliphatic heterocycles. The first-order valence-electron chi connectivity index (χ1n) is 8.07. The standard InChI is InChI=1S/C19H18ClN3O3/c1-12-14(20)9-6-10-15(12)21-16(24)11-23-17(25)19(2,22-18(23)26)13-7-4-3-5-8-13/h3-10H,11H2,1-2H3,(H,21,24)(H,22,26). The average Bonchev–Trinajstić information content (AvgIpc) is 2.84. The van der Waals surface area contributed by atoms with E-state index in [0.717, 1.165) is 4.90 Å². The molecule has 1 aliphatic rings. The van der Waals surface area contributed by atoms with Crippen LogP contribution in [-0.4, -0.2) is 29.3 Å². The van der Waals surface area contributed by atoms with E-state index < -0.39 is 23.4 Å². The molecule has 2 aromatic carbocycles. The van der Waals surface area contributed by atoms with Crippen molar-refractivity contribution < 1.29 is 14.4 Å². The van der Waals surface area contributed by atoms with E-state index in [1.807, 2.05) is 6.07 Å². The number of amides is 4. The first-order valence-corrected chi connectivity index (χ1v) is 8.45. The SMILES string of the molecule is Cc1c(Cl)cccc1NC(=O)CN1C(=O)NC(C)(c2ccccc2)C1=O. The molecule has 134 valence electrons. The number of hydrogen-bond acceptors (Lipinski definition) is 3. The van der Waals surface area contributed by atoms with Crippen molar-refractivity contribution in [2.45, 2.75) is 19.4 Å². The minimum absolute atomic E-state index is 0.376. The third kappa shape index (κ3) is 3.15. The topological polar surface area (TPSA) is 78.5 Å². The zero-order chi connectivity index (χ0) is 18.9. The van der Waals surface area contributed by atoms with Crippen LogP contribution in [0.25, 0.3) is 0 Å². The van der Waals surface area contributed by atoms with Gasteiger partial charge in [-0.1, -0.05) is 48.0 Å². The van der Waals surface area contributed by atoms with Crippen molar-refractivity contribution in [1.29, 1.82) is 0 Å².